The number of halogens is 6. The number of hydrogen-bond acceptors (Lipinski definition) is 6. The Morgan fingerprint density at radius 1 is 1.07 bits per heavy atom. The number of aliphatic hydroxyl groups is 1. The van der Waals surface area contributed by atoms with E-state index in [1.54, 1.807) is 0 Å². The molecule has 0 aromatic heterocycles. The van der Waals surface area contributed by atoms with Crippen LogP contribution in [-0.2, 0) is 9.59 Å². The number of nitrogens with zero attached hydrogens (tertiary/aromatic N) is 3. The van der Waals surface area contributed by atoms with Gasteiger partial charge < -0.3 is 15.3 Å². The Morgan fingerprint density at radius 2 is 1.81 bits per heavy atom. The van der Waals surface area contributed by atoms with Crippen LogP contribution >= 0.6 is 0 Å². The minimum Gasteiger partial charge on any atom is -0.395 e. The summed E-state index contributed by atoms with van der Waals surface area (Å²) in [6.07, 6.45) is -8.74. The number of carbonyl (C=O) groups excluding carboxylic acids is 3. The zero-order valence-electron chi connectivity index (χ0n) is 24.2. The number of carbonyl (C=O) groups is 3. The number of β-amino-alcohol motifs (C(OH)–C–C–N with tert-alkyl or cyclic N) is 1. The van der Waals surface area contributed by atoms with Crippen LogP contribution in [0.4, 0.5) is 31.1 Å². The zero-order chi connectivity index (χ0) is 31.3. The molecule has 7 unspecified atom stereocenters. The van der Waals surface area contributed by atoms with Crippen LogP contribution in [0.1, 0.15) is 51.9 Å². The standard InChI is InChI=1S/C28H41F6N5O4/c1-15(28(32,33)34)38(12-16-2-5-21(29)22(30)8-16)24(41)14-39-25(42)27(36-26(39)43)10-23(31)19-9-17(3-4-20(19)27)18-11-35-37(13-18)6-7-40/h15-23,35,40H,2-14H2,1H3,(H,36,43)/t15-,16?,17?,18?,19?,20?,21?,22?,23+,27-/m0/s1. The Morgan fingerprint density at radius 3 is 2.49 bits per heavy atom. The molecule has 15 heteroatoms. The van der Waals surface area contributed by atoms with Crippen molar-refractivity contribution >= 4 is 17.8 Å². The average Bonchev–Trinajstić information content (AvgIpc) is 3.59. The Hall–Kier alpha value is -2.13. The van der Waals surface area contributed by atoms with Crippen molar-refractivity contribution in [1.29, 1.82) is 0 Å². The van der Waals surface area contributed by atoms with E-state index < -0.39 is 85.0 Å². The minimum absolute atomic E-state index is 0.01000. The highest BCUT2D eigenvalue weighted by Gasteiger charge is 2.65. The highest BCUT2D eigenvalue weighted by molar-refractivity contribution is 6.09. The molecular formula is C28H41F6N5O4. The highest BCUT2D eigenvalue weighted by Crippen LogP contribution is 2.54. The molecule has 4 amide bonds. The normalized spacial score (nSPS) is 39.3. The van der Waals surface area contributed by atoms with E-state index in [2.05, 4.69) is 10.7 Å². The van der Waals surface area contributed by atoms with Gasteiger partial charge in [-0.2, -0.15) is 13.2 Å². The Kier molecular flexibility index (Phi) is 9.26. The number of nitrogens with one attached hydrogen (secondary N) is 2. The first kappa shape index (κ1) is 32.3. The number of hydrazine groups is 1. The molecule has 43 heavy (non-hydrogen) atoms. The third kappa shape index (κ3) is 6.22. The number of aliphatic hydroxyl groups excluding tert-OH is 1. The van der Waals surface area contributed by atoms with Crippen LogP contribution in [0.2, 0.25) is 0 Å². The van der Waals surface area contributed by atoms with Gasteiger partial charge >= 0.3 is 12.2 Å². The maximum atomic E-state index is 15.6. The summed E-state index contributed by atoms with van der Waals surface area (Å²) in [4.78, 5) is 41.2. The second-order valence-corrected chi connectivity index (χ2v) is 13.1. The van der Waals surface area contributed by atoms with Crippen molar-refractivity contribution < 1.29 is 45.8 Å². The molecule has 2 saturated heterocycles. The molecule has 1 spiro atoms. The first-order chi connectivity index (χ1) is 20.2. The summed E-state index contributed by atoms with van der Waals surface area (Å²) in [6.45, 7) is 1.22. The molecule has 3 N–H and O–H groups in total. The van der Waals surface area contributed by atoms with Gasteiger partial charge in [-0.25, -0.2) is 23.0 Å². The molecule has 244 valence electrons. The van der Waals surface area contributed by atoms with Crippen LogP contribution in [0.25, 0.3) is 0 Å². The number of fused-ring (bicyclic) bond motifs is 2. The number of alkyl halides is 6. The maximum absolute atomic E-state index is 15.6. The number of hydrogen-bond donors (Lipinski definition) is 3. The fourth-order valence-electron chi connectivity index (χ4n) is 8.22. The largest absolute Gasteiger partial charge is 0.408 e. The molecule has 3 aliphatic carbocycles. The maximum Gasteiger partial charge on any atom is 0.408 e. The Bertz CT molecular complexity index is 1070. The van der Waals surface area contributed by atoms with E-state index in [1.165, 1.54) is 0 Å². The van der Waals surface area contributed by atoms with Crippen molar-refractivity contribution in [2.45, 2.75) is 88.1 Å². The van der Waals surface area contributed by atoms with E-state index in [1.807, 2.05) is 5.01 Å². The van der Waals surface area contributed by atoms with E-state index in [-0.39, 0.29) is 44.1 Å². The van der Waals surface area contributed by atoms with Crippen LogP contribution in [0.5, 0.6) is 0 Å². The molecule has 0 radical (unpaired) electrons. The third-order valence-corrected chi connectivity index (χ3v) is 10.6. The lowest BCUT2D eigenvalue weighted by Gasteiger charge is -2.39. The summed E-state index contributed by atoms with van der Waals surface area (Å²) >= 11 is 0. The molecule has 10 atom stereocenters. The lowest BCUT2D eigenvalue weighted by Crippen LogP contribution is -2.54. The van der Waals surface area contributed by atoms with Crippen molar-refractivity contribution in [3.8, 4) is 0 Å². The molecular weight excluding hydrogens is 584 g/mol. The van der Waals surface area contributed by atoms with Crippen molar-refractivity contribution in [2.24, 2.45) is 29.6 Å². The van der Waals surface area contributed by atoms with E-state index in [0.29, 0.717) is 48.7 Å². The van der Waals surface area contributed by atoms with E-state index >= 15 is 4.39 Å². The van der Waals surface area contributed by atoms with Gasteiger partial charge in [0, 0.05) is 32.6 Å². The van der Waals surface area contributed by atoms with Gasteiger partial charge in [-0.15, -0.1) is 0 Å². The molecule has 5 aliphatic rings. The predicted molar refractivity (Wildman–Crippen MR) is 141 cm³/mol. The summed E-state index contributed by atoms with van der Waals surface area (Å²) in [7, 11) is 0. The van der Waals surface area contributed by atoms with E-state index in [0.717, 1.165) is 6.92 Å². The summed E-state index contributed by atoms with van der Waals surface area (Å²) < 4.78 is 84.4. The lowest BCUT2D eigenvalue weighted by atomic mass is 9.67. The topological polar surface area (TPSA) is 105 Å². The van der Waals surface area contributed by atoms with Gasteiger partial charge in [-0.05, 0) is 75.0 Å². The summed E-state index contributed by atoms with van der Waals surface area (Å²) in [6, 6.07) is -3.23. The van der Waals surface area contributed by atoms with Gasteiger partial charge in [0.05, 0.1) is 6.61 Å². The Labute approximate surface area is 246 Å². The highest BCUT2D eigenvalue weighted by atomic mass is 19.4. The second-order valence-electron chi connectivity index (χ2n) is 13.1. The van der Waals surface area contributed by atoms with Crippen LogP contribution in [0.15, 0.2) is 0 Å². The molecule has 2 aliphatic heterocycles. The Balaban J connectivity index is 1.27. The average molecular weight is 626 g/mol. The van der Waals surface area contributed by atoms with Crippen LogP contribution < -0.4 is 10.7 Å². The first-order valence-corrected chi connectivity index (χ1v) is 15.3. The van der Waals surface area contributed by atoms with E-state index in [4.69, 9.17) is 0 Å². The van der Waals surface area contributed by atoms with Gasteiger partial charge in [0.2, 0.25) is 5.91 Å². The number of imide groups is 1. The molecule has 5 fully saturated rings. The zero-order valence-corrected chi connectivity index (χ0v) is 24.2. The summed E-state index contributed by atoms with van der Waals surface area (Å²) in [5, 5.41) is 13.8. The summed E-state index contributed by atoms with van der Waals surface area (Å²) in [5.74, 6) is -3.24. The monoisotopic (exact) mass is 625 g/mol. The SMILES string of the molecule is C[C@H](N(CC1CCC(F)C(F)C1)C(=O)CN1C(=O)N[C@]2(C[C@@H](F)C3CC(C4CNN(CCO)C4)CCC32)C1=O)C(F)(F)F. The predicted octanol–water partition coefficient (Wildman–Crippen LogP) is 2.74. The smallest absolute Gasteiger partial charge is 0.395 e. The number of amides is 4. The molecule has 0 aromatic carbocycles. The van der Waals surface area contributed by atoms with Gasteiger partial charge in [0.1, 0.15) is 36.6 Å². The van der Waals surface area contributed by atoms with Crippen molar-refractivity contribution in [3.63, 3.8) is 0 Å². The molecule has 0 aromatic rings. The van der Waals surface area contributed by atoms with Gasteiger partial charge in [-0.1, -0.05) is 0 Å². The molecule has 0 bridgehead atoms. The minimum atomic E-state index is -4.83. The fourth-order valence-corrected chi connectivity index (χ4v) is 8.22. The fraction of sp³-hybridized carbons (Fsp3) is 0.893. The van der Waals surface area contributed by atoms with Gasteiger partial charge in [0.25, 0.3) is 5.91 Å². The van der Waals surface area contributed by atoms with Crippen molar-refractivity contribution in [2.75, 3.05) is 39.3 Å². The molecule has 2 heterocycles. The second kappa shape index (κ2) is 12.3. The molecule has 9 nitrogen and oxygen atoms in total. The first-order valence-electron chi connectivity index (χ1n) is 15.3. The lowest BCUT2D eigenvalue weighted by molar-refractivity contribution is -0.188. The van der Waals surface area contributed by atoms with E-state index in [9.17, 15) is 41.4 Å². The van der Waals surface area contributed by atoms with Crippen LogP contribution in [0, 0.1) is 29.6 Å². The quantitative estimate of drug-likeness (QED) is 0.283. The van der Waals surface area contributed by atoms with Crippen LogP contribution in [0.3, 0.4) is 0 Å². The van der Waals surface area contributed by atoms with Crippen LogP contribution in [-0.4, -0.2) is 113 Å². The van der Waals surface area contributed by atoms with Gasteiger partial charge in [-0.3, -0.25) is 19.9 Å². The summed E-state index contributed by atoms with van der Waals surface area (Å²) in [5.41, 5.74) is 1.67. The number of urea groups is 1. The van der Waals surface area contributed by atoms with Crippen molar-refractivity contribution in [3.05, 3.63) is 0 Å². The molecule has 5 rings (SSSR count). The third-order valence-electron chi connectivity index (χ3n) is 10.6. The van der Waals surface area contributed by atoms with Crippen molar-refractivity contribution in [1.82, 2.24) is 25.6 Å². The number of rotatable bonds is 8. The molecule has 3 saturated carbocycles. The van der Waals surface area contributed by atoms with Gasteiger partial charge in [0.15, 0.2) is 0 Å².